The van der Waals surface area contributed by atoms with E-state index >= 15 is 0 Å². The monoisotopic (exact) mass is 463 g/mol. The number of fused-ring (bicyclic) bond motifs is 1. The maximum Gasteiger partial charge on any atom is 0.263 e. The summed E-state index contributed by atoms with van der Waals surface area (Å²) in [6, 6.07) is 9.50. The maximum atomic E-state index is 12.6. The number of allylic oxidation sites excluding steroid dienone is 1. The molecule has 1 amide bonds. The molecule has 0 aliphatic carbocycles. The first-order valence-corrected chi connectivity index (χ1v) is 10.9. The molecule has 0 radical (unpaired) electrons. The minimum absolute atomic E-state index is 0.102. The number of carbonyl (C=O) groups excluding carboxylic acids is 1. The number of amides is 1. The molecule has 5 nitrogen and oxygen atoms in total. The van der Waals surface area contributed by atoms with Crippen LogP contribution in [0.2, 0.25) is 0 Å². The molecule has 0 fully saturated rings. The van der Waals surface area contributed by atoms with Gasteiger partial charge in [-0.15, -0.1) is 17.9 Å². The van der Waals surface area contributed by atoms with Gasteiger partial charge >= 0.3 is 0 Å². The van der Waals surface area contributed by atoms with Gasteiger partial charge < -0.3 is 5.32 Å². The van der Waals surface area contributed by atoms with Crippen LogP contribution in [0.15, 0.2) is 62.8 Å². The molecule has 0 bridgehead atoms. The lowest BCUT2D eigenvalue weighted by atomic mass is 10.1. The van der Waals surface area contributed by atoms with E-state index in [0.29, 0.717) is 21.9 Å². The Morgan fingerprint density at radius 2 is 2.15 bits per heavy atom. The lowest BCUT2D eigenvalue weighted by molar-refractivity contribution is -0.119. The molecule has 0 saturated heterocycles. The number of rotatable bonds is 7. The Bertz CT molecular complexity index is 1030. The Morgan fingerprint density at radius 3 is 2.85 bits per heavy atom. The van der Waals surface area contributed by atoms with E-state index in [0.717, 1.165) is 10.0 Å². The van der Waals surface area contributed by atoms with Crippen LogP contribution in [0.5, 0.6) is 0 Å². The predicted molar refractivity (Wildman–Crippen MR) is 116 cm³/mol. The molecule has 27 heavy (non-hydrogen) atoms. The Balaban J connectivity index is 1.71. The number of nitrogens with one attached hydrogen (secondary N) is 1. The van der Waals surface area contributed by atoms with Crippen molar-refractivity contribution in [2.75, 3.05) is 5.75 Å². The van der Waals surface area contributed by atoms with Crippen molar-refractivity contribution >= 4 is 55.2 Å². The van der Waals surface area contributed by atoms with Crippen molar-refractivity contribution in [2.45, 2.75) is 24.7 Å². The lowest BCUT2D eigenvalue weighted by Crippen LogP contribution is -2.29. The van der Waals surface area contributed by atoms with Gasteiger partial charge in [-0.2, -0.15) is 0 Å². The highest BCUT2D eigenvalue weighted by atomic mass is 79.9. The largest absolute Gasteiger partial charge is 0.349 e. The first-order chi connectivity index (χ1) is 13.0. The fourth-order valence-electron chi connectivity index (χ4n) is 2.58. The van der Waals surface area contributed by atoms with E-state index in [9.17, 15) is 9.59 Å². The van der Waals surface area contributed by atoms with Crippen molar-refractivity contribution in [2.24, 2.45) is 0 Å². The molecule has 140 valence electrons. The van der Waals surface area contributed by atoms with Crippen LogP contribution >= 0.6 is 39.0 Å². The topological polar surface area (TPSA) is 64.0 Å². The molecular weight excluding hydrogens is 446 g/mol. The summed E-state index contributed by atoms with van der Waals surface area (Å²) in [6.07, 6.45) is 1.65. The van der Waals surface area contributed by atoms with Crippen LogP contribution in [0, 0.1) is 0 Å². The second-order valence-corrected chi connectivity index (χ2v) is 8.62. The van der Waals surface area contributed by atoms with Crippen LogP contribution in [0.3, 0.4) is 0 Å². The number of aromatic nitrogens is 2. The van der Waals surface area contributed by atoms with Gasteiger partial charge in [-0.25, -0.2) is 4.98 Å². The van der Waals surface area contributed by atoms with E-state index in [1.807, 2.05) is 36.6 Å². The molecule has 2 aromatic heterocycles. The molecule has 0 saturated carbocycles. The van der Waals surface area contributed by atoms with Crippen LogP contribution in [0.25, 0.3) is 10.2 Å². The van der Waals surface area contributed by atoms with Crippen molar-refractivity contribution in [3.05, 3.63) is 68.8 Å². The van der Waals surface area contributed by atoms with Crippen LogP contribution in [0.1, 0.15) is 18.5 Å². The number of carbonyl (C=O) groups is 1. The highest BCUT2D eigenvalue weighted by Gasteiger charge is 2.15. The zero-order valence-corrected chi connectivity index (χ0v) is 17.9. The van der Waals surface area contributed by atoms with E-state index in [4.69, 9.17) is 0 Å². The molecule has 0 spiro atoms. The quantitative estimate of drug-likeness (QED) is 0.320. The van der Waals surface area contributed by atoms with E-state index < -0.39 is 0 Å². The van der Waals surface area contributed by atoms with Crippen LogP contribution in [-0.4, -0.2) is 21.2 Å². The third kappa shape index (κ3) is 4.69. The summed E-state index contributed by atoms with van der Waals surface area (Å²) in [5, 5.41) is 5.95. The van der Waals surface area contributed by atoms with E-state index in [1.54, 1.807) is 16.7 Å². The summed E-state index contributed by atoms with van der Waals surface area (Å²) in [4.78, 5) is 30.2. The van der Waals surface area contributed by atoms with Gasteiger partial charge in [-0.05, 0) is 36.1 Å². The number of hydrogen-bond donors (Lipinski definition) is 1. The van der Waals surface area contributed by atoms with Crippen LogP contribution < -0.4 is 10.9 Å². The zero-order chi connectivity index (χ0) is 19.4. The zero-order valence-electron chi connectivity index (χ0n) is 14.6. The minimum Gasteiger partial charge on any atom is -0.349 e. The standard InChI is InChI=1S/C19H18BrN3O2S2/c1-3-9-23-18(25)15-8-10-26-17(15)22-19(23)27-11-16(24)21-12(2)13-4-6-14(20)7-5-13/h3-8,10,12H,1,9,11H2,2H3,(H,21,24). The van der Waals surface area contributed by atoms with Crippen molar-refractivity contribution in [3.8, 4) is 0 Å². The lowest BCUT2D eigenvalue weighted by Gasteiger charge is -2.15. The molecule has 1 atom stereocenters. The Hall–Kier alpha value is -1.90. The van der Waals surface area contributed by atoms with Crippen LogP contribution in [-0.2, 0) is 11.3 Å². The van der Waals surface area contributed by atoms with Gasteiger partial charge in [0.25, 0.3) is 5.56 Å². The summed E-state index contributed by atoms with van der Waals surface area (Å²) in [5.41, 5.74) is 0.922. The summed E-state index contributed by atoms with van der Waals surface area (Å²) in [7, 11) is 0. The van der Waals surface area contributed by atoms with E-state index in [1.165, 1.54) is 23.1 Å². The van der Waals surface area contributed by atoms with E-state index in [2.05, 4.69) is 32.8 Å². The second-order valence-electron chi connectivity index (χ2n) is 5.87. The van der Waals surface area contributed by atoms with Gasteiger partial charge in [-0.3, -0.25) is 14.2 Å². The first-order valence-electron chi connectivity index (χ1n) is 8.26. The van der Waals surface area contributed by atoms with Gasteiger partial charge in [-0.1, -0.05) is 45.9 Å². The van der Waals surface area contributed by atoms with Crippen molar-refractivity contribution in [1.82, 2.24) is 14.9 Å². The summed E-state index contributed by atoms with van der Waals surface area (Å²) in [6.45, 7) is 6.00. The molecule has 1 aromatic carbocycles. The average Bonchev–Trinajstić information content (AvgIpc) is 3.12. The molecule has 8 heteroatoms. The Labute approximate surface area is 173 Å². The normalized spacial score (nSPS) is 12.1. The third-order valence-corrected chi connectivity index (χ3v) is 6.25. The fourth-order valence-corrected chi connectivity index (χ4v) is 4.47. The molecular formula is C19H18BrN3O2S2. The SMILES string of the molecule is C=CCn1c(SCC(=O)NC(C)c2ccc(Br)cc2)nc2sccc2c1=O. The number of benzene rings is 1. The molecule has 3 aromatic rings. The van der Waals surface area contributed by atoms with Gasteiger partial charge in [0.15, 0.2) is 5.16 Å². The third-order valence-electron chi connectivity index (χ3n) is 3.94. The van der Waals surface area contributed by atoms with Gasteiger partial charge in [0.05, 0.1) is 17.2 Å². The number of thiophene rings is 1. The number of thioether (sulfide) groups is 1. The maximum absolute atomic E-state index is 12.6. The fraction of sp³-hybridized carbons (Fsp3) is 0.211. The van der Waals surface area contributed by atoms with Crippen molar-refractivity contribution in [1.29, 1.82) is 0 Å². The average molecular weight is 464 g/mol. The van der Waals surface area contributed by atoms with E-state index in [-0.39, 0.29) is 23.3 Å². The second kappa shape index (κ2) is 8.86. The molecule has 3 rings (SSSR count). The molecule has 0 aliphatic rings. The summed E-state index contributed by atoms with van der Waals surface area (Å²) < 4.78 is 2.55. The molecule has 1 unspecified atom stereocenters. The van der Waals surface area contributed by atoms with Crippen LogP contribution in [0.4, 0.5) is 0 Å². The molecule has 0 aliphatic heterocycles. The highest BCUT2D eigenvalue weighted by molar-refractivity contribution is 9.10. The van der Waals surface area contributed by atoms with Gasteiger partial charge in [0.2, 0.25) is 5.91 Å². The predicted octanol–water partition coefficient (Wildman–Crippen LogP) is 4.38. The van der Waals surface area contributed by atoms with Gasteiger partial charge in [0, 0.05) is 11.0 Å². The highest BCUT2D eigenvalue weighted by Crippen LogP contribution is 2.22. The first kappa shape index (κ1) is 19.9. The molecule has 1 N–H and O–H groups in total. The summed E-state index contributed by atoms with van der Waals surface area (Å²) >= 11 is 6.08. The van der Waals surface area contributed by atoms with Gasteiger partial charge in [0.1, 0.15) is 4.83 Å². The van der Waals surface area contributed by atoms with Crippen molar-refractivity contribution in [3.63, 3.8) is 0 Å². The summed E-state index contributed by atoms with van der Waals surface area (Å²) in [5.74, 6) is 0.0718. The minimum atomic E-state index is -0.110. The number of hydrogen-bond acceptors (Lipinski definition) is 5. The number of nitrogens with zero attached hydrogens (tertiary/aromatic N) is 2. The Kier molecular flexibility index (Phi) is 6.51. The molecule has 2 heterocycles. The van der Waals surface area contributed by atoms with Crippen molar-refractivity contribution < 1.29 is 4.79 Å². The Morgan fingerprint density at radius 1 is 1.41 bits per heavy atom. The number of halogens is 1. The smallest absolute Gasteiger partial charge is 0.263 e.